The van der Waals surface area contributed by atoms with E-state index in [-0.39, 0.29) is 0 Å². The molecule has 0 amide bonds. The van der Waals surface area contributed by atoms with Crippen molar-refractivity contribution in [1.82, 2.24) is 5.32 Å². The first-order valence-corrected chi connectivity index (χ1v) is 8.58. The molecule has 3 nitrogen and oxygen atoms in total. The summed E-state index contributed by atoms with van der Waals surface area (Å²) < 4.78 is 0. The molecule has 1 N–H and O–H groups in total. The second kappa shape index (κ2) is 6.31. The van der Waals surface area contributed by atoms with Crippen molar-refractivity contribution < 1.29 is 0 Å². The van der Waals surface area contributed by atoms with E-state index in [4.69, 9.17) is 0 Å². The molecule has 1 heterocycles. The summed E-state index contributed by atoms with van der Waals surface area (Å²) in [5.41, 5.74) is 4.83. The van der Waals surface area contributed by atoms with Gasteiger partial charge in [0.1, 0.15) is 5.84 Å². The zero-order valence-corrected chi connectivity index (χ0v) is 14.5. The Morgan fingerprint density at radius 3 is 2.61 bits per heavy atom. The molecular weight excluding hydrogens is 282 g/mol. The van der Waals surface area contributed by atoms with Gasteiger partial charge in [-0.2, -0.15) is 0 Å². The van der Waals surface area contributed by atoms with Crippen molar-refractivity contribution in [2.24, 2.45) is 21.3 Å². The zero-order valence-electron chi connectivity index (χ0n) is 14.5. The highest BCUT2D eigenvalue weighted by atomic mass is 15.0. The van der Waals surface area contributed by atoms with Crippen LogP contribution in [0, 0.1) is 11.3 Å². The lowest BCUT2D eigenvalue weighted by Gasteiger charge is -2.28. The fraction of sp³-hybridized carbons (Fsp3) is 0.500. The van der Waals surface area contributed by atoms with E-state index >= 15 is 0 Å². The molecule has 0 saturated heterocycles. The van der Waals surface area contributed by atoms with Crippen LogP contribution in [-0.2, 0) is 0 Å². The van der Waals surface area contributed by atoms with Crippen LogP contribution in [-0.4, -0.2) is 24.6 Å². The van der Waals surface area contributed by atoms with Gasteiger partial charge in [-0.3, -0.25) is 4.99 Å². The summed E-state index contributed by atoms with van der Waals surface area (Å²) in [5, 5.41) is 3.55. The molecule has 1 aromatic rings. The van der Waals surface area contributed by atoms with Crippen molar-refractivity contribution in [2.75, 3.05) is 13.1 Å². The standard InChI is InChI=1S/C20H27N3/c1-14(21-12-18-6-5-11-20(18,3)4)16-7-9-17(10-8-16)19-13-22-15(2)23-19/h7-10,18,21H,1,5-6,11-13H2,2-4H3. The van der Waals surface area contributed by atoms with E-state index in [1.807, 2.05) is 6.92 Å². The smallest absolute Gasteiger partial charge is 0.120 e. The van der Waals surface area contributed by atoms with Crippen LogP contribution in [0.25, 0.3) is 5.70 Å². The molecule has 1 aromatic carbocycles. The highest BCUT2D eigenvalue weighted by molar-refractivity contribution is 6.12. The van der Waals surface area contributed by atoms with Crippen LogP contribution in [0.3, 0.4) is 0 Å². The lowest BCUT2D eigenvalue weighted by atomic mass is 9.82. The third-order valence-corrected chi connectivity index (χ3v) is 5.36. The monoisotopic (exact) mass is 309 g/mol. The number of hydrogen-bond donors (Lipinski definition) is 1. The predicted octanol–water partition coefficient (Wildman–Crippen LogP) is 4.29. The van der Waals surface area contributed by atoms with Gasteiger partial charge < -0.3 is 5.32 Å². The van der Waals surface area contributed by atoms with Crippen LogP contribution in [0.1, 0.15) is 51.2 Å². The van der Waals surface area contributed by atoms with Crippen molar-refractivity contribution in [3.05, 3.63) is 42.0 Å². The third kappa shape index (κ3) is 3.54. The molecule has 1 aliphatic carbocycles. The number of amidine groups is 1. The Morgan fingerprint density at radius 1 is 1.30 bits per heavy atom. The number of benzene rings is 1. The van der Waals surface area contributed by atoms with E-state index in [0.717, 1.165) is 40.8 Å². The summed E-state index contributed by atoms with van der Waals surface area (Å²) >= 11 is 0. The quantitative estimate of drug-likeness (QED) is 0.865. The minimum atomic E-state index is 0.454. The Morgan fingerprint density at radius 2 is 2.04 bits per heavy atom. The molecule has 1 saturated carbocycles. The fourth-order valence-corrected chi connectivity index (χ4v) is 3.60. The Kier molecular flexibility index (Phi) is 4.38. The number of hydrogen-bond acceptors (Lipinski definition) is 3. The summed E-state index contributed by atoms with van der Waals surface area (Å²) in [7, 11) is 0. The Balaban J connectivity index is 1.59. The van der Waals surface area contributed by atoms with Crippen molar-refractivity contribution in [1.29, 1.82) is 0 Å². The van der Waals surface area contributed by atoms with E-state index in [1.54, 1.807) is 0 Å². The van der Waals surface area contributed by atoms with Crippen molar-refractivity contribution in [3.8, 4) is 0 Å². The molecular formula is C20H27N3. The minimum Gasteiger partial charge on any atom is -0.385 e. The van der Waals surface area contributed by atoms with E-state index in [1.165, 1.54) is 19.3 Å². The van der Waals surface area contributed by atoms with Gasteiger partial charge in [0.15, 0.2) is 0 Å². The maximum atomic E-state index is 4.47. The van der Waals surface area contributed by atoms with Gasteiger partial charge in [-0.15, -0.1) is 0 Å². The third-order valence-electron chi connectivity index (χ3n) is 5.36. The maximum Gasteiger partial charge on any atom is 0.120 e. The molecule has 122 valence electrons. The summed E-state index contributed by atoms with van der Waals surface area (Å²) in [6.45, 7) is 12.6. The molecule has 0 bridgehead atoms. The fourth-order valence-electron chi connectivity index (χ4n) is 3.60. The van der Waals surface area contributed by atoms with Crippen LogP contribution in [0.4, 0.5) is 0 Å². The van der Waals surface area contributed by atoms with Gasteiger partial charge in [0.25, 0.3) is 0 Å². The van der Waals surface area contributed by atoms with Gasteiger partial charge in [0.05, 0.1) is 12.3 Å². The van der Waals surface area contributed by atoms with E-state index in [0.29, 0.717) is 12.0 Å². The zero-order chi connectivity index (χ0) is 16.4. The van der Waals surface area contributed by atoms with Gasteiger partial charge in [0.2, 0.25) is 0 Å². The molecule has 1 unspecified atom stereocenters. The van der Waals surface area contributed by atoms with Crippen LogP contribution in [0.15, 0.2) is 40.8 Å². The van der Waals surface area contributed by atoms with E-state index < -0.39 is 0 Å². The number of nitrogens with zero attached hydrogens (tertiary/aromatic N) is 2. The number of rotatable bonds is 5. The Bertz CT molecular complexity index is 650. The van der Waals surface area contributed by atoms with Crippen LogP contribution < -0.4 is 5.32 Å². The second-order valence-corrected chi connectivity index (χ2v) is 7.44. The summed E-state index contributed by atoms with van der Waals surface area (Å²) in [4.78, 5) is 8.79. The van der Waals surface area contributed by atoms with Gasteiger partial charge in [0, 0.05) is 12.2 Å². The van der Waals surface area contributed by atoms with Crippen LogP contribution >= 0.6 is 0 Å². The first kappa shape index (κ1) is 16.0. The number of nitrogens with one attached hydrogen (secondary N) is 1. The maximum absolute atomic E-state index is 4.47. The van der Waals surface area contributed by atoms with Crippen molar-refractivity contribution in [3.63, 3.8) is 0 Å². The summed E-state index contributed by atoms with van der Waals surface area (Å²) in [6, 6.07) is 8.49. The molecule has 0 spiro atoms. The van der Waals surface area contributed by atoms with Crippen LogP contribution in [0.2, 0.25) is 0 Å². The summed E-state index contributed by atoms with van der Waals surface area (Å²) in [6.07, 6.45) is 4.01. The molecule has 23 heavy (non-hydrogen) atoms. The van der Waals surface area contributed by atoms with Gasteiger partial charge >= 0.3 is 0 Å². The molecule has 1 aliphatic heterocycles. The highest BCUT2D eigenvalue weighted by Crippen LogP contribution is 2.42. The normalized spacial score (nSPS) is 22.7. The number of aliphatic imine (C=N–C) groups is 2. The van der Waals surface area contributed by atoms with E-state index in [2.05, 4.69) is 60.0 Å². The molecule has 3 rings (SSSR count). The average Bonchev–Trinajstić information content (AvgIpc) is 3.10. The van der Waals surface area contributed by atoms with Gasteiger partial charge in [-0.05, 0) is 42.2 Å². The topological polar surface area (TPSA) is 36.8 Å². The molecule has 1 fully saturated rings. The minimum absolute atomic E-state index is 0.454. The Hall–Kier alpha value is -1.90. The largest absolute Gasteiger partial charge is 0.385 e. The van der Waals surface area contributed by atoms with E-state index in [9.17, 15) is 0 Å². The molecule has 3 heteroatoms. The van der Waals surface area contributed by atoms with Gasteiger partial charge in [-0.25, -0.2) is 4.99 Å². The molecule has 0 aromatic heterocycles. The van der Waals surface area contributed by atoms with Crippen molar-refractivity contribution in [2.45, 2.75) is 40.0 Å². The van der Waals surface area contributed by atoms with Crippen molar-refractivity contribution >= 4 is 17.2 Å². The second-order valence-electron chi connectivity index (χ2n) is 7.44. The highest BCUT2D eigenvalue weighted by Gasteiger charge is 2.33. The first-order valence-electron chi connectivity index (χ1n) is 8.58. The SMILES string of the molecule is C=C(NCC1CCCC1(C)C)c1ccc(C2=NC(C)=NC2)cc1. The predicted molar refractivity (Wildman–Crippen MR) is 99.1 cm³/mol. The molecule has 1 atom stereocenters. The lowest BCUT2D eigenvalue weighted by molar-refractivity contribution is 0.259. The first-order chi connectivity index (χ1) is 11.0. The average molecular weight is 309 g/mol. The summed E-state index contributed by atoms with van der Waals surface area (Å²) in [5.74, 6) is 1.61. The molecule has 0 radical (unpaired) electrons. The van der Waals surface area contributed by atoms with Crippen LogP contribution in [0.5, 0.6) is 0 Å². The molecule has 2 aliphatic rings. The van der Waals surface area contributed by atoms with Gasteiger partial charge in [-0.1, -0.05) is 51.1 Å². The lowest BCUT2D eigenvalue weighted by Crippen LogP contribution is -2.28. The Labute approximate surface area is 139 Å².